The Bertz CT molecular complexity index is 212. The fraction of sp³-hybridized carbons (Fsp3) is 0.556. The van der Waals surface area contributed by atoms with Gasteiger partial charge in [-0.05, 0) is 19.3 Å². The predicted octanol–water partition coefficient (Wildman–Crippen LogP) is 1.83. The molecule has 0 spiro atoms. The molecule has 0 saturated heterocycles. The molecule has 11 heavy (non-hydrogen) atoms. The van der Waals surface area contributed by atoms with E-state index in [-0.39, 0.29) is 5.92 Å². The minimum absolute atomic E-state index is 0.208. The molecular formula is C9H11NO. The number of hydrogen-bond acceptors (Lipinski definition) is 2. The standard InChI is InChI=1S/C9H11NO/c10-7-2-1-4-8-5-3-6-9(8)11/h1-2,8H,3-6H2. The van der Waals surface area contributed by atoms with E-state index in [1.807, 2.05) is 6.07 Å². The van der Waals surface area contributed by atoms with Crippen LogP contribution < -0.4 is 0 Å². The first-order valence-electron chi connectivity index (χ1n) is 3.92. The van der Waals surface area contributed by atoms with Crippen LogP contribution in [0.2, 0.25) is 0 Å². The van der Waals surface area contributed by atoms with Crippen molar-refractivity contribution in [3.8, 4) is 6.07 Å². The Morgan fingerprint density at radius 3 is 3.09 bits per heavy atom. The van der Waals surface area contributed by atoms with Crippen LogP contribution in [-0.4, -0.2) is 5.78 Å². The van der Waals surface area contributed by atoms with Crippen LogP contribution in [0.5, 0.6) is 0 Å². The molecule has 0 heterocycles. The predicted molar refractivity (Wildman–Crippen MR) is 41.7 cm³/mol. The Balaban J connectivity index is 2.32. The highest BCUT2D eigenvalue weighted by atomic mass is 16.1. The molecule has 1 aliphatic rings. The van der Waals surface area contributed by atoms with E-state index in [4.69, 9.17) is 5.26 Å². The van der Waals surface area contributed by atoms with Crippen LogP contribution in [0.4, 0.5) is 0 Å². The van der Waals surface area contributed by atoms with Crippen LogP contribution >= 0.6 is 0 Å². The van der Waals surface area contributed by atoms with Crippen molar-refractivity contribution in [2.24, 2.45) is 5.92 Å². The first-order chi connectivity index (χ1) is 5.34. The minimum Gasteiger partial charge on any atom is -0.299 e. The van der Waals surface area contributed by atoms with Crippen LogP contribution in [0.3, 0.4) is 0 Å². The maximum atomic E-state index is 11.1. The number of nitriles is 1. The summed E-state index contributed by atoms with van der Waals surface area (Å²) in [5.41, 5.74) is 0. The first-order valence-corrected chi connectivity index (χ1v) is 3.92. The van der Waals surface area contributed by atoms with E-state index in [0.29, 0.717) is 5.78 Å². The fourth-order valence-electron chi connectivity index (χ4n) is 1.42. The summed E-state index contributed by atoms with van der Waals surface area (Å²) in [6, 6.07) is 1.91. The maximum Gasteiger partial charge on any atom is 0.136 e. The molecule has 1 atom stereocenters. The van der Waals surface area contributed by atoms with E-state index in [2.05, 4.69) is 0 Å². The van der Waals surface area contributed by atoms with E-state index < -0.39 is 0 Å². The molecule has 1 fully saturated rings. The Labute approximate surface area is 66.5 Å². The average molecular weight is 149 g/mol. The summed E-state index contributed by atoms with van der Waals surface area (Å²) in [6.07, 6.45) is 6.77. The lowest BCUT2D eigenvalue weighted by molar-refractivity contribution is -0.120. The fourth-order valence-corrected chi connectivity index (χ4v) is 1.42. The second-order valence-corrected chi connectivity index (χ2v) is 2.82. The molecule has 58 valence electrons. The van der Waals surface area contributed by atoms with Gasteiger partial charge in [0.25, 0.3) is 0 Å². The van der Waals surface area contributed by atoms with Crippen LogP contribution in [0.1, 0.15) is 25.7 Å². The summed E-state index contributed by atoms with van der Waals surface area (Å²) in [4.78, 5) is 11.1. The molecule has 2 nitrogen and oxygen atoms in total. The number of carbonyl (C=O) groups excluding carboxylic acids is 1. The molecule has 2 heteroatoms. The molecule has 0 aliphatic heterocycles. The third kappa shape index (κ3) is 2.19. The van der Waals surface area contributed by atoms with Crippen molar-refractivity contribution < 1.29 is 4.79 Å². The molecule has 0 amide bonds. The molecule has 0 aromatic heterocycles. The van der Waals surface area contributed by atoms with Crippen LogP contribution in [0, 0.1) is 17.2 Å². The third-order valence-electron chi connectivity index (χ3n) is 2.04. The molecule has 1 aliphatic carbocycles. The SMILES string of the molecule is N#CC=CCC1CCCC1=O. The zero-order chi connectivity index (χ0) is 8.10. The molecule has 1 saturated carbocycles. The molecular weight excluding hydrogens is 138 g/mol. The van der Waals surface area contributed by atoms with Gasteiger partial charge >= 0.3 is 0 Å². The molecule has 1 unspecified atom stereocenters. The zero-order valence-corrected chi connectivity index (χ0v) is 6.42. The topological polar surface area (TPSA) is 40.9 Å². The second kappa shape index (κ2) is 3.92. The average Bonchev–Trinajstić information content (AvgIpc) is 2.37. The lowest BCUT2D eigenvalue weighted by Gasteiger charge is -2.00. The van der Waals surface area contributed by atoms with E-state index in [1.54, 1.807) is 6.08 Å². The minimum atomic E-state index is 0.208. The van der Waals surface area contributed by atoms with Gasteiger partial charge in [0, 0.05) is 18.4 Å². The summed E-state index contributed by atoms with van der Waals surface area (Å²) in [7, 11) is 0. The Hall–Kier alpha value is -1.10. The Morgan fingerprint density at radius 2 is 2.55 bits per heavy atom. The summed E-state index contributed by atoms with van der Waals surface area (Å²) in [5.74, 6) is 0.576. The van der Waals surface area contributed by atoms with Gasteiger partial charge in [-0.3, -0.25) is 4.79 Å². The lowest BCUT2D eigenvalue weighted by atomic mass is 10.0. The van der Waals surface area contributed by atoms with Gasteiger partial charge in [-0.25, -0.2) is 0 Å². The monoisotopic (exact) mass is 149 g/mol. The van der Waals surface area contributed by atoms with E-state index in [1.165, 1.54) is 6.08 Å². The number of rotatable bonds is 2. The highest BCUT2D eigenvalue weighted by Crippen LogP contribution is 2.24. The first kappa shape index (κ1) is 8.00. The number of carbonyl (C=O) groups is 1. The quantitative estimate of drug-likeness (QED) is 0.562. The van der Waals surface area contributed by atoms with Gasteiger partial charge in [0.2, 0.25) is 0 Å². The van der Waals surface area contributed by atoms with Gasteiger partial charge in [-0.2, -0.15) is 5.26 Å². The lowest BCUT2D eigenvalue weighted by Crippen LogP contribution is -2.03. The van der Waals surface area contributed by atoms with Gasteiger partial charge in [-0.1, -0.05) is 6.08 Å². The summed E-state index contributed by atoms with van der Waals surface area (Å²) >= 11 is 0. The van der Waals surface area contributed by atoms with Crippen molar-refractivity contribution in [1.29, 1.82) is 5.26 Å². The van der Waals surface area contributed by atoms with Gasteiger partial charge < -0.3 is 0 Å². The van der Waals surface area contributed by atoms with E-state index in [0.717, 1.165) is 25.7 Å². The number of nitrogens with zero attached hydrogens (tertiary/aromatic N) is 1. The van der Waals surface area contributed by atoms with E-state index in [9.17, 15) is 4.79 Å². The van der Waals surface area contributed by atoms with Crippen molar-refractivity contribution in [1.82, 2.24) is 0 Å². The van der Waals surface area contributed by atoms with Crippen molar-refractivity contribution in [3.05, 3.63) is 12.2 Å². The molecule has 0 N–H and O–H groups in total. The smallest absolute Gasteiger partial charge is 0.136 e. The van der Waals surface area contributed by atoms with Gasteiger partial charge in [-0.15, -0.1) is 0 Å². The largest absolute Gasteiger partial charge is 0.299 e. The normalized spacial score (nSPS) is 24.3. The van der Waals surface area contributed by atoms with Crippen LogP contribution in [0.15, 0.2) is 12.2 Å². The maximum absolute atomic E-state index is 11.1. The van der Waals surface area contributed by atoms with E-state index >= 15 is 0 Å². The van der Waals surface area contributed by atoms with Gasteiger partial charge in [0.05, 0.1) is 6.07 Å². The zero-order valence-electron chi connectivity index (χ0n) is 6.42. The molecule has 1 rings (SSSR count). The van der Waals surface area contributed by atoms with Crippen molar-refractivity contribution in [3.63, 3.8) is 0 Å². The molecule has 0 radical (unpaired) electrons. The Morgan fingerprint density at radius 1 is 1.73 bits per heavy atom. The third-order valence-corrected chi connectivity index (χ3v) is 2.04. The summed E-state index contributed by atoms with van der Waals surface area (Å²) < 4.78 is 0. The Kier molecular flexibility index (Phi) is 2.85. The highest BCUT2D eigenvalue weighted by Gasteiger charge is 2.22. The number of ketones is 1. The van der Waals surface area contributed by atoms with Gasteiger partial charge in [0.15, 0.2) is 0 Å². The van der Waals surface area contributed by atoms with Crippen LogP contribution in [-0.2, 0) is 4.79 Å². The highest BCUT2D eigenvalue weighted by molar-refractivity contribution is 5.82. The summed E-state index contributed by atoms with van der Waals surface area (Å²) in [6.45, 7) is 0. The second-order valence-electron chi connectivity index (χ2n) is 2.82. The number of Topliss-reactive ketones (excluding diaryl/α,β-unsaturated/α-hetero) is 1. The molecule has 0 bridgehead atoms. The van der Waals surface area contributed by atoms with Crippen molar-refractivity contribution in [2.45, 2.75) is 25.7 Å². The van der Waals surface area contributed by atoms with Crippen LogP contribution in [0.25, 0.3) is 0 Å². The molecule has 0 aromatic rings. The number of allylic oxidation sites excluding steroid dienone is 2. The van der Waals surface area contributed by atoms with Crippen molar-refractivity contribution in [2.75, 3.05) is 0 Å². The number of hydrogen-bond donors (Lipinski definition) is 0. The van der Waals surface area contributed by atoms with Crippen molar-refractivity contribution >= 4 is 5.78 Å². The molecule has 0 aromatic carbocycles. The van der Waals surface area contributed by atoms with Gasteiger partial charge in [0.1, 0.15) is 5.78 Å². The summed E-state index contributed by atoms with van der Waals surface area (Å²) in [5, 5.41) is 8.18.